The quantitative estimate of drug-likeness (QED) is 0.257. The van der Waals surface area contributed by atoms with Gasteiger partial charge in [0.1, 0.15) is 18.4 Å². The van der Waals surface area contributed by atoms with E-state index < -0.39 is 17.9 Å². The van der Waals surface area contributed by atoms with Crippen LogP contribution in [0.15, 0.2) is 0 Å². The van der Waals surface area contributed by atoms with Gasteiger partial charge in [-0.2, -0.15) is 11.8 Å². The minimum Gasteiger partial charge on any atom is -0.480 e. The Kier molecular flexibility index (Phi) is 17.3. The molecule has 0 aliphatic rings. The lowest BCUT2D eigenvalue weighted by Crippen LogP contribution is -2.42. The van der Waals surface area contributed by atoms with Crippen molar-refractivity contribution in [2.45, 2.75) is 51.5 Å². The molecule has 0 heterocycles. The lowest BCUT2D eigenvalue weighted by molar-refractivity contribution is -0.142. The first-order chi connectivity index (χ1) is 13.9. The molecule has 0 saturated heterocycles. The van der Waals surface area contributed by atoms with Crippen LogP contribution in [0.4, 0.5) is 0 Å². The monoisotopic (exact) mass is 434 g/mol. The predicted octanol–water partition coefficient (Wildman–Crippen LogP) is 0.998. The zero-order valence-corrected chi connectivity index (χ0v) is 18.2. The Morgan fingerprint density at radius 3 is 2.38 bits per heavy atom. The van der Waals surface area contributed by atoms with E-state index in [-0.39, 0.29) is 31.3 Å². The Morgan fingerprint density at radius 1 is 1.00 bits per heavy atom. The van der Waals surface area contributed by atoms with Gasteiger partial charge in [-0.15, -0.1) is 0 Å². The second-order valence-corrected chi connectivity index (χ2v) is 7.26. The van der Waals surface area contributed by atoms with Gasteiger partial charge in [-0.1, -0.05) is 6.92 Å². The SMILES string of the molecule is CCC(=O)CCCOCCOCC(=O)NC(CCCCNC(=O)CSC)C(=O)O. The van der Waals surface area contributed by atoms with Gasteiger partial charge in [0.05, 0.1) is 19.0 Å². The van der Waals surface area contributed by atoms with Crippen LogP contribution >= 0.6 is 11.8 Å². The number of unbranched alkanes of at least 4 members (excludes halogenated alkanes) is 1. The molecule has 0 aliphatic heterocycles. The van der Waals surface area contributed by atoms with Crippen molar-refractivity contribution in [3.05, 3.63) is 0 Å². The van der Waals surface area contributed by atoms with E-state index in [9.17, 15) is 24.3 Å². The summed E-state index contributed by atoms with van der Waals surface area (Å²) in [5.74, 6) is -1.04. The van der Waals surface area contributed by atoms with Gasteiger partial charge >= 0.3 is 5.97 Å². The normalized spacial score (nSPS) is 11.7. The van der Waals surface area contributed by atoms with Crippen molar-refractivity contribution >= 4 is 35.3 Å². The number of carbonyl (C=O) groups excluding carboxylic acids is 3. The molecule has 2 amide bonds. The average Bonchev–Trinajstić information content (AvgIpc) is 2.68. The van der Waals surface area contributed by atoms with Crippen LogP contribution in [-0.4, -0.2) is 79.7 Å². The highest BCUT2D eigenvalue weighted by atomic mass is 32.2. The number of aliphatic carboxylic acids is 1. The van der Waals surface area contributed by atoms with Crippen LogP contribution in [0.2, 0.25) is 0 Å². The zero-order chi connectivity index (χ0) is 21.9. The minimum atomic E-state index is -1.10. The van der Waals surface area contributed by atoms with Gasteiger partial charge in [0.25, 0.3) is 0 Å². The number of rotatable bonds is 19. The number of hydrogen-bond donors (Lipinski definition) is 3. The molecule has 1 unspecified atom stereocenters. The molecule has 0 fully saturated rings. The molecular weight excluding hydrogens is 400 g/mol. The molecule has 29 heavy (non-hydrogen) atoms. The predicted molar refractivity (Wildman–Crippen MR) is 111 cm³/mol. The van der Waals surface area contributed by atoms with Crippen LogP contribution in [0.1, 0.15) is 45.4 Å². The van der Waals surface area contributed by atoms with Crippen molar-refractivity contribution < 1.29 is 33.8 Å². The van der Waals surface area contributed by atoms with E-state index >= 15 is 0 Å². The van der Waals surface area contributed by atoms with Crippen molar-refractivity contribution in [2.75, 3.05) is 45.0 Å². The summed E-state index contributed by atoms with van der Waals surface area (Å²) in [6.45, 7) is 3.03. The van der Waals surface area contributed by atoms with Gasteiger partial charge < -0.3 is 25.2 Å². The minimum absolute atomic E-state index is 0.0452. The number of carbonyl (C=O) groups is 4. The molecule has 9 nitrogen and oxygen atoms in total. The highest BCUT2D eigenvalue weighted by molar-refractivity contribution is 7.99. The molecular formula is C19H34N2O7S. The number of amides is 2. The molecule has 0 radical (unpaired) electrons. The number of nitrogens with one attached hydrogen (secondary N) is 2. The fourth-order valence-electron chi connectivity index (χ4n) is 2.31. The lowest BCUT2D eigenvalue weighted by atomic mass is 10.1. The molecule has 0 spiro atoms. The third-order valence-electron chi connectivity index (χ3n) is 3.89. The Bertz CT molecular complexity index is 503. The van der Waals surface area contributed by atoms with E-state index in [0.29, 0.717) is 57.6 Å². The molecule has 3 N–H and O–H groups in total. The molecule has 0 aromatic rings. The van der Waals surface area contributed by atoms with Crippen molar-refractivity contribution in [1.29, 1.82) is 0 Å². The molecule has 0 saturated carbocycles. The van der Waals surface area contributed by atoms with Gasteiger partial charge in [-0.05, 0) is 31.9 Å². The molecule has 10 heteroatoms. The molecule has 0 rings (SSSR count). The van der Waals surface area contributed by atoms with Crippen LogP contribution < -0.4 is 10.6 Å². The second kappa shape index (κ2) is 18.4. The third-order valence-corrected chi connectivity index (χ3v) is 4.45. The van der Waals surface area contributed by atoms with Gasteiger partial charge in [0, 0.05) is 26.0 Å². The molecule has 168 valence electrons. The Morgan fingerprint density at radius 2 is 1.72 bits per heavy atom. The Balaban J connectivity index is 3.78. The fraction of sp³-hybridized carbons (Fsp3) is 0.789. The van der Waals surface area contributed by atoms with E-state index in [1.165, 1.54) is 11.8 Å². The summed E-state index contributed by atoms with van der Waals surface area (Å²) >= 11 is 1.43. The summed E-state index contributed by atoms with van der Waals surface area (Å²) < 4.78 is 10.5. The van der Waals surface area contributed by atoms with E-state index in [1.54, 1.807) is 0 Å². The smallest absolute Gasteiger partial charge is 0.326 e. The number of thioether (sulfide) groups is 1. The number of ketones is 1. The second-order valence-electron chi connectivity index (χ2n) is 6.40. The molecule has 1 atom stereocenters. The van der Waals surface area contributed by atoms with Crippen molar-refractivity contribution in [3.8, 4) is 0 Å². The van der Waals surface area contributed by atoms with Crippen LogP contribution in [0, 0.1) is 0 Å². The van der Waals surface area contributed by atoms with Crippen molar-refractivity contribution in [3.63, 3.8) is 0 Å². The highest BCUT2D eigenvalue weighted by Gasteiger charge is 2.19. The number of carboxylic acid groups (broad SMARTS) is 1. The maximum atomic E-state index is 11.8. The first-order valence-electron chi connectivity index (χ1n) is 9.85. The Labute approximate surface area is 176 Å². The standard InChI is InChI=1S/C19H34N2O7S/c1-3-15(22)7-6-10-27-11-12-28-13-17(23)21-16(19(25)26)8-4-5-9-20-18(24)14-29-2/h16H,3-14H2,1-2H3,(H,20,24)(H,21,23)(H,25,26). The summed E-state index contributed by atoms with van der Waals surface area (Å²) in [5.41, 5.74) is 0. The zero-order valence-electron chi connectivity index (χ0n) is 17.4. The van der Waals surface area contributed by atoms with Crippen LogP contribution in [-0.2, 0) is 28.7 Å². The van der Waals surface area contributed by atoms with Crippen molar-refractivity contribution in [2.24, 2.45) is 0 Å². The topological polar surface area (TPSA) is 131 Å². The molecule has 0 aliphatic carbocycles. The first-order valence-corrected chi connectivity index (χ1v) is 11.2. The van der Waals surface area contributed by atoms with Crippen molar-refractivity contribution in [1.82, 2.24) is 10.6 Å². The van der Waals surface area contributed by atoms with Gasteiger partial charge in [-0.25, -0.2) is 4.79 Å². The van der Waals surface area contributed by atoms with Crippen LogP contribution in [0.3, 0.4) is 0 Å². The van der Waals surface area contributed by atoms with E-state index in [4.69, 9.17) is 9.47 Å². The fourth-order valence-corrected chi connectivity index (χ4v) is 2.67. The third kappa shape index (κ3) is 17.0. The first kappa shape index (κ1) is 27.4. The summed E-state index contributed by atoms with van der Waals surface area (Å²) in [6, 6.07) is -0.986. The van der Waals surface area contributed by atoms with Gasteiger partial charge in [0.2, 0.25) is 11.8 Å². The largest absolute Gasteiger partial charge is 0.480 e. The highest BCUT2D eigenvalue weighted by Crippen LogP contribution is 2.02. The Hall–Kier alpha value is -1.65. The summed E-state index contributed by atoms with van der Waals surface area (Å²) in [4.78, 5) is 45.5. The lowest BCUT2D eigenvalue weighted by Gasteiger charge is -2.14. The maximum Gasteiger partial charge on any atom is 0.326 e. The van der Waals surface area contributed by atoms with E-state index in [2.05, 4.69) is 10.6 Å². The van der Waals surface area contributed by atoms with E-state index in [0.717, 1.165) is 0 Å². The van der Waals surface area contributed by atoms with E-state index in [1.807, 2.05) is 13.2 Å². The molecule has 0 aromatic carbocycles. The number of ether oxygens (including phenoxy) is 2. The summed E-state index contributed by atoms with van der Waals surface area (Å²) in [6.07, 6.45) is 5.01. The van der Waals surface area contributed by atoms with Crippen LogP contribution in [0.25, 0.3) is 0 Å². The van der Waals surface area contributed by atoms with Crippen LogP contribution in [0.5, 0.6) is 0 Å². The van der Waals surface area contributed by atoms with Gasteiger partial charge in [0.15, 0.2) is 0 Å². The maximum absolute atomic E-state index is 11.8. The molecule has 0 aromatic heterocycles. The number of Topliss-reactive ketones (excluding diaryl/α,β-unsaturated/α-hetero) is 1. The van der Waals surface area contributed by atoms with Gasteiger partial charge in [-0.3, -0.25) is 14.4 Å². The number of hydrogen-bond acceptors (Lipinski definition) is 7. The summed E-state index contributed by atoms with van der Waals surface area (Å²) in [5, 5.41) is 14.4. The summed E-state index contributed by atoms with van der Waals surface area (Å²) in [7, 11) is 0. The average molecular weight is 435 g/mol. The molecule has 0 bridgehead atoms. The number of carboxylic acids is 1.